The summed E-state index contributed by atoms with van der Waals surface area (Å²) in [6.07, 6.45) is 3.64. The van der Waals surface area contributed by atoms with E-state index in [0.29, 0.717) is 18.3 Å². The summed E-state index contributed by atoms with van der Waals surface area (Å²) in [7, 11) is 0. The van der Waals surface area contributed by atoms with Gasteiger partial charge in [-0.15, -0.1) is 0 Å². The number of hydrogen-bond donors (Lipinski definition) is 1. The molecule has 1 aromatic heterocycles. The molecule has 0 atom stereocenters. The molecule has 1 saturated carbocycles. The highest BCUT2D eigenvalue weighted by Gasteiger charge is 2.33. The lowest BCUT2D eigenvalue weighted by Crippen LogP contribution is -2.32. The van der Waals surface area contributed by atoms with Crippen LogP contribution in [-0.2, 0) is 6.54 Å². The highest BCUT2D eigenvalue weighted by Crippen LogP contribution is 2.29. The number of nitrogens with one attached hydrogen (secondary N) is 1. The molecular formula is C14H16N4O. The lowest BCUT2D eigenvalue weighted by atomic mass is 10.1. The Kier molecular flexibility index (Phi) is 3.03. The quantitative estimate of drug-likeness (QED) is 0.909. The molecular weight excluding hydrogens is 240 g/mol. The van der Waals surface area contributed by atoms with Gasteiger partial charge in [-0.25, -0.2) is 0 Å². The summed E-state index contributed by atoms with van der Waals surface area (Å²) >= 11 is 0. The molecule has 1 aromatic carbocycles. The van der Waals surface area contributed by atoms with Crippen LogP contribution < -0.4 is 0 Å². The van der Waals surface area contributed by atoms with Crippen molar-refractivity contribution in [3.05, 3.63) is 47.3 Å². The Bertz CT molecular complexity index is 575. The minimum Gasteiger partial charge on any atom is -0.330 e. The summed E-state index contributed by atoms with van der Waals surface area (Å²) in [5, 5.41) is 10.1. The Balaban J connectivity index is 1.80. The van der Waals surface area contributed by atoms with E-state index in [1.807, 2.05) is 11.0 Å². The van der Waals surface area contributed by atoms with Crippen LogP contribution in [-0.4, -0.2) is 32.3 Å². The average Bonchev–Trinajstić information content (AvgIpc) is 3.09. The summed E-state index contributed by atoms with van der Waals surface area (Å²) < 4.78 is 0. The predicted molar refractivity (Wildman–Crippen MR) is 70.5 cm³/mol. The van der Waals surface area contributed by atoms with Crippen LogP contribution in [0.4, 0.5) is 0 Å². The molecule has 1 fully saturated rings. The number of hydrogen-bond acceptors (Lipinski definition) is 3. The topological polar surface area (TPSA) is 61.9 Å². The van der Waals surface area contributed by atoms with Crippen LogP contribution in [0.15, 0.2) is 30.5 Å². The van der Waals surface area contributed by atoms with Crippen molar-refractivity contribution in [2.24, 2.45) is 0 Å². The number of nitrogens with zero attached hydrogens (tertiary/aromatic N) is 3. The first kappa shape index (κ1) is 11.9. The zero-order chi connectivity index (χ0) is 13.2. The molecule has 1 aliphatic carbocycles. The Morgan fingerprint density at radius 1 is 1.47 bits per heavy atom. The lowest BCUT2D eigenvalue weighted by Gasteiger charge is -2.21. The van der Waals surface area contributed by atoms with Crippen molar-refractivity contribution >= 4 is 5.91 Å². The first-order chi connectivity index (χ1) is 9.24. The second-order valence-corrected chi connectivity index (χ2v) is 5.01. The van der Waals surface area contributed by atoms with Crippen molar-refractivity contribution in [3.63, 3.8) is 0 Å². The second-order valence-electron chi connectivity index (χ2n) is 5.01. The first-order valence-corrected chi connectivity index (χ1v) is 6.46. The van der Waals surface area contributed by atoms with Gasteiger partial charge in [-0.2, -0.15) is 15.4 Å². The maximum Gasteiger partial charge on any atom is 0.276 e. The fourth-order valence-electron chi connectivity index (χ4n) is 2.21. The van der Waals surface area contributed by atoms with Gasteiger partial charge in [-0.3, -0.25) is 4.79 Å². The molecule has 2 aromatic rings. The van der Waals surface area contributed by atoms with E-state index in [4.69, 9.17) is 0 Å². The summed E-state index contributed by atoms with van der Waals surface area (Å²) in [5.74, 6) is -0.0437. The minimum atomic E-state index is -0.0437. The zero-order valence-electron chi connectivity index (χ0n) is 10.8. The molecule has 0 unspecified atom stereocenters. The number of amides is 1. The highest BCUT2D eigenvalue weighted by atomic mass is 16.2. The maximum atomic E-state index is 12.4. The molecule has 98 valence electrons. The number of aromatic nitrogens is 3. The van der Waals surface area contributed by atoms with Crippen LogP contribution in [0.5, 0.6) is 0 Å². The highest BCUT2D eigenvalue weighted by molar-refractivity contribution is 5.92. The molecule has 1 aliphatic rings. The van der Waals surface area contributed by atoms with Crippen molar-refractivity contribution in [3.8, 4) is 0 Å². The first-order valence-electron chi connectivity index (χ1n) is 6.46. The molecule has 1 heterocycles. The van der Waals surface area contributed by atoms with Gasteiger partial charge in [0.15, 0.2) is 5.69 Å². The normalized spacial score (nSPS) is 14.4. The molecule has 1 N–H and O–H groups in total. The van der Waals surface area contributed by atoms with Gasteiger partial charge in [-0.05, 0) is 25.3 Å². The molecule has 0 spiro atoms. The number of rotatable bonds is 4. The number of H-pyrrole nitrogens is 1. The fraction of sp³-hybridized carbons (Fsp3) is 0.357. The van der Waals surface area contributed by atoms with Crippen LogP contribution in [0.3, 0.4) is 0 Å². The predicted octanol–water partition coefficient (Wildman–Crippen LogP) is 1.92. The van der Waals surface area contributed by atoms with Crippen molar-refractivity contribution in [2.75, 3.05) is 0 Å². The molecule has 5 heteroatoms. The van der Waals surface area contributed by atoms with Gasteiger partial charge in [0, 0.05) is 12.6 Å². The Morgan fingerprint density at radius 3 is 2.95 bits per heavy atom. The summed E-state index contributed by atoms with van der Waals surface area (Å²) in [6, 6.07) is 8.61. The third-order valence-electron chi connectivity index (χ3n) is 3.32. The van der Waals surface area contributed by atoms with E-state index in [2.05, 4.69) is 40.5 Å². The van der Waals surface area contributed by atoms with Crippen LogP contribution in [0.25, 0.3) is 0 Å². The van der Waals surface area contributed by atoms with Crippen LogP contribution in [0, 0.1) is 6.92 Å². The van der Waals surface area contributed by atoms with Gasteiger partial charge in [0.2, 0.25) is 0 Å². The third-order valence-corrected chi connectivity index (χ3v) is 3.32. The number of carbonyl (C=O) groups is 1. The third kappa shape index (κ3) is 2.65. The van der Waals surface area contributed by atoms with Gasteiger partial charge < -0.3 is 4.90 Å². The molecule has 0 aliphatic heterocycles. The molecule has 5 nitrogen and oxygen atoms in total. The number of aryl methyl sites for hydroxylation is 1. The van der Waals surface area contributed by atoms with Crippen molar-refractivity contribution < 1.29 is 4.79 Å². The molecule has 0 bridgehead atoms. The van der Waals surface area contributed by atoms with Crippen molar-refractivity contribution in [2.45, 2.75) is 32.4 Å². The second kappa shape index (κ2) is 4.84. The molecule has 0 saturated heterocycles. The van der Waals surface area contributed by atoms with Crippen molar-refractivity contribution in [1.29, 1.82) is 0 Å². The standard InChI is InChI=1S/C14H16N4O/c1-10-3-2-4-11(7-10)9-18(12-5-6-12)14(19)13-8-15-17-16-13/h2-4,7-8,12H,5-6,9H2,1H3,(H,15,16,17). The Hall–Kier alpha value is -2.17. The Morgan fingerprint density at radius 2 is 2.32 bits per heavy atom. The van der Waals surface area contributed by atoms with Gasteiger partial charge in [0.1, 0.15) is 0 Å². The lowest BCUT2D eigenvalue weighted by molar-refractivity contribution is 0.0724. The van der Waals surface area contributed by atoms with Crippen molar-refractivity contribution in [1.82, 2.24) is 20.3 Å². The van der Waals surface area contributed by atoms with Crippen LogP contribution in [0.2, 0.25) is 0 Å². The fourth-order valence-corrected chi connectivity index (χ4v) is 2.21. The summed E-state index contributed by atoms with van der Waals surface area (Å²) in [4.78, 5) is 14.3. The van der Waals surface area contributed by atoms with E-state index in [-0.39, 0.29) is 5.91 Å². The minimum absolute atomic E-state index is 0.0437. The number of benzene rings is 1. The zero-order valence-corrected chi connectivity index (χ0v) is 10.8. The average molecular weight is 256 g/mol. The van der Waals surface area contributed by atoms with Gasteiger partial charge in [0.25, 0.3) is 5.91 Å². The molecule has 19 heavy (non-hydrogen) atoms. The summed E-state index contributed by atoms with van der Waals surface area (Å²) in [5.41, 5.74) is 2.76. The smallest absolute Gasteiger partial charge is 0.276 e. The van der Waals surface area contributed by atoms with Gasteiger partial charge in [0.05, 0.1) is 6.20 Å². The molecule has 1 amide bonds. The van der Waals surface area contributed by atoms with E-state index in [9.17, 15) is 4.79 Å². The van der Waals surface area contributed by atoms with E-state index in [1.54, 1.807) is 0 Å². The molecule has 0 radical (unpaired) electrons. The number of aromatic amines is 1. The van der Waals surface area contributed by atoms with E-state index >= 15 is 0 Å². The van der Waals surface area contributed by atoms with Crippen LogP contribution in [0.1, 0.15) is 34.5 Å². The molecule has 3 rings (SSSR count). The van der Waals surface area contributed by atoms with Gasteiger partial charge >= 0.3 is 0 Å². The van der Waals surface area contributed by atoms with E-state index < -0.39 is 0 Å². The van der Waals surface area contributed by atoms with E-state index in [1.165, 1.54) is 11.8 Å². The van der Waals surface area contributed by atoms with E-state index in [0.717, 1.165) is 18.4 Å². The van der Waals surface area contributed by atoms with Gasteiger partial charge in [-0.1, -0.05) is 29.8 Å². The Labute approximate surface area is 111 Å². The largest absolute Gasteiger partial charge is 0.330 e. The monoisotopic (exact) mass is 256 g/mol. The number of carbonyl (C=O) groups excluding carboxylic acids is 1. The SMILES string of the molecule is Cc1cccc(CN(C(=O)c2cn[nH]n2)C2CC2)c1. The van der Waals surface area contributed by atoms with Crippen LogP contribution >= 0.6 is 0 Å². The summed E-state index contributed by atoms with van der Waals surface area (Å²) in [6.45, 7) is 2.70. The maximum absolute atomic E-state index is 12.4.